The number of hydrogen-bond donors (Lipinski definition) is 0. The largest absolute Gasteiger partial charge is 0.222 e. The Balaban J connectivity index is 1.86. The van der Waals surface area contributed by atoms with Gasteiger partial charge in [-0.15, -0.1) is 16.4 Å². The zero-order valence-corrected chi connectivity index (χ0v) is 16.2. The molecule has 0 unspecified atom stereocenters. The fourth-order valence-corrected chi connectivity index (χ4v) is 5.10. The van der Waals surface area contributed by atoms with Crippen molar-refractivity contribution in [1.82, 2.24) is 25.0 Å². The van der Waals surface area contributed by atoms with Gasteiger partial charge >= 0.3 is 0 Å². The van der Waals surface area contributed by atoms with Crippen LogP contribution in [0.2, 0.25) is 0 Å². The van der Waals surface area contributed by atoms with E-state index in [1.807, 2.05) is 16.0 Å². The van der Waals surface area contributed by atoms with Crippen molar-refractivity contribution in [3.05, 3.63) is 39.5 Å². The number of rotatable bonds is 2. The Kier molecular flexibility index (Phi) is 3.57. The summed E-state index contributed by atoms with van der Waals surface area (Å²) >= 11 is 1.84. The zero-order chi connectivity index (χ0) is 17.8. The second-order valence-corrected chi connectivity index (χ2v) is 8.22. The van der Waals surface area contributed by atoms with Crippen LogP contribution in [0, 0.1) is 13.8 Å². The van der Waals surface area contributed by atoms with Crippen LogP contribution in [0.1, 0.15) is 47.2 Å². The van der Waals surface area contributed by atoms with Crippen LogP contribution in [0.15, 0.2) is 12.1 Å². The zero-order valence-electron chi connectivity index (χ0n) is 15.3. The minimum Gasteiger partial charge on any atom is -0.222 e. The molecule has 26 heavy (non-hydrogen) atoms. The average Bonchev–Trinajstić information content (AvgIpc) is 3.22. The summed E-state index contributed by atoms with van der Waals surface area (Å²) in [6.45, 7) is 6.35. The Labute approximate surface area is 156 Å². The fraction of sp³-hybridized carbons (Fsp3) is 0.400. The van der Waals surface area contributed by atoms with Gasteiger partial charge in [-0.25, -0.2) is 9.97 Å². The van der Waals surface area contributed by atoms with E-state index in [1.165, 1.54) is 39.8 Å². The summed E-state index contributed by atoms with van der Waals surface area (Å²) in [7, 11) is 0. The van der Waals surface area contributed by atoms with Crippen LogP contribution >= 0.6 is 11.3 Å². The molecule has 0 aliphatic heterocycles. The van der Waals surface area contributed by atoms with Gasteiger partial charge in [0.05, 0.1) is 10.9 Å². The number of nitrogens with zero attached hydrogens (tertiary/aromatic N) is 5. The molecular weight excluding hydrogens is 342 g/mol. The van der Waals surface area contributed by atoms with E-state index in [9.17, 15) is 0 Å². The van der Waals surface area contributed by atoms with Gasteiger partial charge in [0.2, 0.25) is 0 Å². The molecule has 3 heterocycles. The monoisotopic (exact) mass is 363 g/mol. The number of fused-ring (bicyclic) bond motifs is 4. The van der Waals surface area contributed by atoms with E-state index in [2.05, 4.69) is 43.2 Å². The SMILES string of the molecule is CCc1nc(-n2nnc3cc(C)c(C)cc32)c2c3c(sc2n1)CCCC3. The summed E-state index contributed by atoms with van der Waals surface area (Å²) in [6.07, 6.45) is 5.60. The summed E-state index contributed by atoms with van der Waals surface area (Å²) in [5, 5.41) is 10.1. The molecule has 4 aromatic rings. The fourth-order valence-electron chi connectivity index (χ4n) is 3.83. The third kappa shape index (κ3) is 2.28. The number of aromatic nitrogens is 5. The van der Waals surface area contributed by atoms with E-state index in [4.69, 9.17) is 9.97 Å². The molecule has 1 aliphatic rings. The van der Waals surface area contributed by atoms with E-state index < -0.39 is 0 Å². The molecule has 0 N–H and O–H groups in total. The molecule has 5 nitrogen and oxygen atoms in total. The van der Waals surface area contributed by atoms with Gasteiger partial charge in [0.15, 0.2) is 5.82 Å². The van der Waals surface area contributed by atoms with E-state index in [0.29, 0.717) is 0 Å². The van der Waals surface area contributed by atoms with Crippen LogP contribution in [-0.2, 0) is 19.3 Å². The Bertz CT molecular complexity index is 1150. The summed E-state index contributed by atoms with van der Waals surface area (Å²) < 4.78 is 1.92. The van der Waals surface area contributed by atoms with Gasteiger partial charge in [0.25, 0.3) is 0 Å². The molecule has 0 atom stereocenters. The molecule has 5 rings (SSSR count). The molecule has 0 amide bonds. The number of hydrogen-bond acceptors (Lipinski definition) is 5. The predicted molar refractivity (Wildman–Crippen MR) is 105 cm³/mol. The lowest BCUT2D eigenvalue weighted by atomic mass is 9.97. The molecule has 0 radical (unpaired) electrons. The number of aryl methyl sites for hydroxylation is 5. The van der Waals surface area contributed by atoms with E-state index in [1.54, 1.807) is 0 Å². The lowest BCUT2D eigenvalue weighted by molar-refractivity contribution is 0.699. The average molecular weight is 363 g/mol. The van der Waals surface area contributed by atoms with Crippen LogP contribution in [-0.4, -0.2) is 25.0 Å². The normalized spacial score (nSPS) is 14.3. The predicted octanol–water partition coefficient (Wildman–Crippen LogP) is 4.48. The quantitative estimate of drug-likeness (QED) is 0.527. The maximum Gasteiger partial charge on any atom is 0.168 e. The minimum absolute atomic E-state index is 0.816. The van der Waals surface area contributed by atoms with Crippen LogP contribution in [0.25, 0.3) is 27.1 Å². The minimum atomic E-state index is 0.816. The third-order valence-electron chi connectivity index (χ3n) is 5.42. The van der Waals surface area contributed by atoms with Crippen molar-refractivity contribution in [2.24, 2.45) is 0 Å². The summed E-state index contributed by atoms with van der Waals surface area (Å²) in [4.78, 5) is 12.3. The van der Waals surface area contributed by atoms with Crippen molar-refractivity contribution >= 4 is 32.6 Å². The number of benzene rings is 1. The topological polar surface area (TPSA) is 56.5 Å². The molecule has 132 valence electrons. The summed E-state index contributed by atoms with van der Waals surface area (Å²) in [5.41, 5.74) is 5.85. The van der Waals surface area contributed by atoms with Crippen LogP contribution in [0.5, 0.6) is 0 Å². The van der Waals surface area contributed by atoms with Crippen LogP contribution < -0.4 is 0 Å². The maximum atomic E-state index is 4.90. The highest BCUT2D eigenvalue weighted by molar-refractivity contribution is 7.18. The smallest absolute Gasteiger partial charge is 0.168 e. The molecule has 1 aliphatic carbocycles. The molecular formula is C20H21N5S. The van der Waals surface area contributed by atoms with Crippen molar-refractivity contribution < 1.29 is 0 Å². The Morgan fingerprint density at radius 2 is 1.88 bits per heavy atom. The third-order valence-corrected chi connectivity index (χ3v) is 6.61. The van der Waals surface area contributed by atoms with Gasteiger partial charge in [0.1, 0.15) is 16.2 Å². The summed E-state index contributed by atoms with van der Waals surface area (Å²) in [6, 6.07) is 4.28. The highest BCUT2D eigenvalue weighted by Crippen LogP contribution is 2.38. The van der Waals surface area contributed by atoms with Gasteiger partial charge in [-0.1, -0.05) is 12.1 Å². The van der Waals surface area contributed by atoms with Crippen molar-refractivity contribution in [1.29, 1.82) is 0 Å². The number of thiophene rings is 1. The Hall–Kier alpha value is -2.34. The van der Waals surface area contributed by atoms with E-state index >= 15 is 0 Å². The molecule has 1 aromatic carbocycles. The standard InChI is InChI=1S/C20H21N5S/c1-4-17-21-19(18-13-7-5-6-8-16(13)26-20(18)22-17)25-15-10-12(3)11(2)9-14(15)23-24-25/h9-10H,4-8H2,1-3H3. The highest BCUT2D eigenvalue weighted by atomic mass is 32.1. The first-order valence-corrected chi connectivity index (χ1v) is 10.1. The molecule has 0 saturated heterocycles. The van der Waals surface area contributed by atoms with Crippen molar-refractivity contribution in [2.45, 2.75) is 52.9 Å². The first-order chi connectivity index (χ1) is 12.7. The van der Waals surface area contributed by atoms with E-state index in [-0.39, 0.29) is 0 Å². The highest BCUT2D eigenvalue weighted by Gasteiger charge is 2.23. The maximum absolute atomic E-state index is 4.90. The van der Waals surface area contributed by atoms with Crippen molar-refractivity contribution in [2.75, 3.05) is 0 Å². The van der Waals surface area contributed by atoms with Crippen molar-refractivity contribution in [3.63, 3.8) is 0 Å². The molecule has 0 spiro atoms. The Morgan fingerprint density at radius 3 is 2.73 bits per heavy atom. The molecule has 0 fully saturated rings. The van der Waals surface area contributed by atoms with Crippen LogP contribution in [0.4, 0.5) is 0 Å². The first kappa shape index (κ1) is 15.9. The van der Waals surface area contributed by atoms with Gasteiger partial charge in [0, 0.05) is 11.3 Å². The lowest BCUT2D eigenvalue weighted by Gasteiger charge is -2.12. The van der Waals surface area contributed by atoms with Gasteiger partial charge in [-0.2, -0.15) is 4.68 Å². The van der Waals surface area contributed by atoms with Crippen LogP contribution in [0.3, 0.4) is 0 Å². The molecule has 0 bridgehead atoms. The second-order valence-electron chi connectivity index (χ2n) is 7.13. The first-order valence-electron chi connectivity index (χ1n) is 9.30. The van der Waals surface area contributed by atoms with Gasteiger partial charge < -0.3 is 0 Å². The molecule has 6 heteroatoms. The van der Waals surface area contributed by atoms with Crippen molar-refractivity contribution in [3.8, 4) is 5.82 Å². The molecule has 0 saturated carbocycles. The Morgan fingerprint density at radius 1 is 1.08 bits per heavy atom. The lowest BCUT2D eigenvalue weighted by Crippen LogP contribution is -2.07. The van der Waals surface area contributed by atoms with Gasteiger partial charge in [-0.05, 0) is 68.4 Å². The second kappa shape index (κ2) is 5.84. The summed E-state index contributed by atoms with van der Waals surface area (Å²) in [5.74, 6) is 1.77. The van der Waals surface area contributed by atoms with Gasteiger partial charge in [-0.3, -0.25) is 0 Å². The molecule has 3 aromatic heterocycles. The van der Waals surface area contributed by atoms with E-state index in [0.717, 1.165) is 46.8 Å².